The minimum atomic E-state index is -0.151. The Morgan fingerprint density at radius 3 is 1.93 bits per heavy atom. The third kappa shape index (κ3) is 9.35. The smallest absolute Gasteiger partial charge is 0.109 e. The zero-order valence-electron chi connectivity index (χ0n) is 18.4. The Hall–Kier alpha value is -0.0200. The molecule has 0 spiro atoms. The summed E-state index contributed by atoms with van der Waals surface area (Å²) in [6, 6.07) is 0. The van der Waals surface area contributed by atoms with Crippen molar-refractivity contribution >= 4 is 23.5 Å². The highest BCUT2D eigenvalue weighted by Crippen LogP contribution is 2.47. The van der Waals surface area contributed by atoms with Crippen LogP contribution in [0.3, 0.4) is 0 Å². The molecule has 0 aliphatic heterocycles. The van der Waals surface area contributed by atoms with E-state index in [1.165, 1.54) is 87.7 Å². The second kappa shape index (κ2) is 14.9. The molecule has 2 unspecified atom stereocenters. The van der Waals surface area contributed by atoms with E-state index in [-0.39, 0.29) is 4.75 Å². The topological polar surface area (TPSA) is 20.2 Å². The molecular weight excluding hydrogens is 368 g/mol. The van der Waals surface area contributed by atoms with Gasteiger partial charge in [0.25, 0.3) is 0 Å². The van der Waals surface area contributed by atoms with Gasteiger partial charge < -0.3 is 5.11 Å². The molecule has 0 aromatic heterocycles. The lowest BCUT2D eigenvalue weighted by atomic mass is 9.88. The molecule has 0 saturated heterocycles. The standard InChI is InChI=1S/C24H44OS2/c1-5-7-9-11-13-15-19-26-22-17-18-23(25)24(4,21(22)3)27-20-16-14-12-10-8-6-2/h17-18,21,25H,5-16,19-20H2,1-4H3. The van der Waals surface area contributed by atoms with Gasteiger partial charge in [-0.2, -0.15) is 0 Å². The average Bonchev–Trinajstić information content (AvgIpc) is 2.66. The Labute approximate surface area is 178 Å². The maximum atomic E-state index is 10.6. The van der Waals surface area contributed by atoms with Gasteiger partial charge in [0.1, 0.15) is 5.76 Å². The number of unbranched alkanes of at least 4 members (excludes halogenated alkanes) is 10. The van der Waals surface area contributed by atoms with Crippen molar-refractivity contribution in [1.82, 2.24) is 0 Å². The van der Waals surface area contributed by atoms with Crippen LogP contribution in [0.15, 0.2) is 22.8 Å². The highest BCUT2D eigenvalue weighted by atomic mass is 32.2. The number of hydrogen-bond acceptors (Lipinski definition) is 3. The van der Waals surface area contributed by atoms with E-state index < -0.39 is 0 Å². The summed E-state index contributed by atoms with van der Waals surface area (Å²) < 4.78 is -0.151. The van der Waals surface area contributed by atoms with E-state index in [1.54, 1.807) is 0 Å². The highest BCUT2D eigenvalue weighted by Gasteiger charge is 2.39. The van der Waals surface area contributed by atoms with Crippen molar-refractivity contribution in [2.75, 3.05) is 11.5 Å². The molecule has 1 aliphatic carbocycles. The third-order valence-corrected chi connectivity index (χ3v) is 8.80. The number of aliphatic hydroxyl groups is 1. The Kier molecular flexibility index (Phi) is 13.8. The molecule has 1 aliphatic rings. The van der Waals surface area contributed by atoms with Crippen LogP contribution in [0.5, 0.6) is 0 Å². The zero-order valence-corrected chi connectivity index (χ0v) is 20.0. The molecule has 0 bridgehead atoms. The molecule has 0 saturated carbocycles. The Morgan fingerprint density at radius 2 is 1.33 bits per heavy atom. The summed E-state index contributed by atoms with van der Waals surface area (Å²) in [5.41, 5.74) is 0. The summed E-state index contributed by atoms with van der Waals surface area (Å²) >= 11 is 3.98. The van der Waals surface area contributed by atoms with Crippen molar-refractivity contribution in [2.45, 2.75) is 109 Å². The lowest BCUT2D eigenvalue weighted by Crippen LogP contribution is -2.34. The van der Waals surface area contributed by atoms with Crippen molar-refractivity contribution < 1.29 is 5.11 Å². The molecule has 0 amide bonds. The molecule has 0 aromatic rings. The Bertz CT molecular complexity index is 444. The van der Waals surface area contributed by atoms with Gasteiger partial charge in [0.15, 0.2) is 0 Å². The lowest BCUT2D eigenvalue weighted by Gasteiger charge is -2.38. The lowest BCUT2D eigenvalue weighted by molar-refractivity contribution is 0.327. The predicted octanol–water partition coefficient (Wildman–Crippen LogP) is 8.91. The third-order valence-electron chi connectivity index (χ3n) is 5.83. The summed E-state index contributed by atoms with van der Waals surface area (Å²) in [6.45, 7) is 9.09. The van der Waals surface area contributed by atoms with Gasteiger partial charge >= 0.3 is 0 Å². The maximum absolute atomic E-state index is 10.6. The van der Waals surface area contributed by atoms with Gasteiger partial charge in [-0.05, 0) is 48.3 Å². The van der Waals surface area contributed by atoms with Crippen LogP contribution in [0.25, 0.3) is 0 Å². The molecule has 158 valence electrons. The van der Waals surface area contributed by atoms with Gasteiger partial charge in [-0.25, -0.2) is 0 Å². The summed E-state index contributed by atoms with van der Waals surface area (Å²) in [5, 5.41) is 10.6. The van der Waals surface area contributed by atoms with Crippen molar-refractivity contribution in [2.24, 2.45) is 5.92 Å². The van der Waals surface area contributed by atoms with Gasteiger partial charge in [-0.15, -0.1) is 23.5 Å². The monoisotopic (exact) mass is 412 g/mol. The minimum Gasteiger partial charge on any atom is -0.511 e. The SMILES string of the molecule is CCCCCCCCSC1=CC=C(O)C(C)(SCCCCCCCC)C1C. The summed E-state index contributed by atoms with van der Waals surface area (Å²) in [4.78, 5) is 1.46. The first-order valence-corrected chi connectivity index (χ1v) is 13.4. The van der Waals surface area contributed by atoms with Gasteiger partial charge in [0.05, 0.1) is 4.75 Å². The van der Waals surface area contributed by atoms with E-state index in [0.717, 1.165) is 5.75 Å². The second-order valence-electron chi connectivity index (χ2n) is 8.18. The van der Waals surface area contributed by atoms with Crippen LogP contribution >= 0.6 is 23.5 Å². The number of rotatable bonds is 16. The predicted molar refractivity (Wildman–Crippen MR) is 128 cm³/mol. The van der Waals surface area contributed by atoms with Crippen LogP contribution in [0.1, 0.15) is 105 Å². The molecule has 1 N–H and O–H groups in total. The fraction of sp³-hybridized carbons (Fsp3) is 0.833. The summed E-state index contributed by atoms with van der Waals surface area (Å²) in [7, 11) is 0. The molecular formula is C24H44OS2. The molecule has 1 nitrogen and oxygen atoms in total. The number of aliphatic hydroxyl groups excluding tert-OH is 1. The first kappa shape index (κ1) is 25.0. The van der Waals surface area contributed by atoms with Crippen molar-refractivity contribution in [1.29, 1.82) is 0 Å². The zero-order chi connectivity index (χ0) is 20.0. The Morgan fingerprint density at radius 1 is 0.815 bits per heavy atom. The molecule has 3 heteroatoms. The van der Waals surface area contributed by atoms with Gasteiger partial charge in [0, 0.05) is 5.92 Å². The largest absolute Gasteiger partial charge is 0.511 e. The fourth-order valence-electron chi connectivity index (χ4n) is 3.58. The fourth-order valence-corrected chi connectivity index (χ4v) is 6.25. The van der Waals surface area contributed by atoms with Gasteiger partial charge in [-0.1, -0.05) is 85.0 Å². The van der Waals surface area contributed by atoms with Gasteiger partial charge in [-0.3, -0.25) is 0 Å². The summed E-state index contributed by atoms with van der Waals surface area (Å²) in [5.74, 6) is 3.34. The second-order valence-corrected chi connectivity index (χ2v) is 10.9. The normalized spacial score (nSPS) is 22.6. The molecule has 0 aromatic carbocycles. The van der Waals surface area contributed by atoms with Gasteiger partial charge in [0.2, 0.25) is 0 Å². The van der Waals surface area contributed by atoms with E-state index in [1.807, 2.05) is 29.6 Å². The van der Waals surface area contributed by atoms with Crippen molar-refractivity contribution in [3.8, 4) is 0 Å². The first-order chi connectivity index (χ1) is 13.1. The van der Waals surface area contributed by atoms with Crippen LogP contribution in [-0.2, 0) is 0 Å². The quantitative estimate of drug-likeness (QED) is 0.255. The molecule has 1 rings (SSSR count). The van der Waals surface area contributed by atoms with Crippen molar-refractivity contribution in [3.63, 3.8) is 0 Å². The van der Waals surface area contributed by atoms with Crippen LogP contribution in [0.4, 0.5) is 0 Å². The van der Waals surface area contributed by atoms with Crippen molar-refractivity contribution in [3.05, 3.63) is 22.8 Å². The number of hydrogen-bond donors (Lipinski definition) is 1. The maximum Gasteiger partial charge on any atom is 0.109 e. The van der Waals surface area contributed by atoms with E-state index in [0.29, 0.717) is 11.7 Å². The molecule has 27 heavy (non-hydrogen) atoms. The summed E-state index contributed by atoms with van der Waals surface area (Å²) in [6.07, 6.45) is 20.3. The van der Waals surface area contributed by atoms with Crippen LogP contribution in [-0.4, -0.2) is 21.4 Å². The minimum absolute atomic E-state index is 0.151. The van der Waals surface area contributed by atoms with Crippen LogP contribution < -0.4 is 0 Å². The molecule has 2 atom stereocenters. The number of allylic oxidation sites excluding steroid dienone is 3. The van der Waals surface area contributed by atoms with Crippen LogP contribution in [0.2, 0.25) is 0 Å². The highest BCUT2D eigenvalue weighted by molar-refractivity contribution is 8.03. The average molecular weight is 413 g/mol. The van der Waals surface area contributed by atoms with E-state index in [9.17, 15) is 5.11 Å². The first-order valence-electron chi connectivity index (χ1n) is 11.4. The molecule has 0 fully saturated rings. The van der Waals surface area contributed by atoms with Crippen LogP contribution in [0, 0.1) is 5.92 Å². The van der Waals surface area contributed by atoms with E-state index in [4.69, 9.17) is 0 Å². The number of thioether (sulfide) groups is 2. The van der Waals surface area contributed by atoms with E-state index in [2.05, 4.69) is 33.8 Å². The molecule has 0 heterocycles. The molecule has 0 radical (unpaired) electrons. The van der Waals surface area contributed by atoms with E-state index >= 15 is 0 Å². The Balaban J connectivity index is 2.33.